The molecule has 2 fully saturated rings. The van der Waals surface area contributed by atoms with E-state index in [0.717, 1.165) is 37.0 Å². The summed E-state index contributed by atoms with van der Waals surface area (Å²) in [5.74, 6) is -0.589. The number of carbonyl (C=O) groups is 4. The van der Waals surface area contributed by atoms with Crippen molar-refractivity contribution < 1.29 is 23.9 Å². The molecule has 1 spiro atoms. The van der Waals surface area contributed by atoms with E-state index in [-0.39, 0.29) is 43.1 Å². The van der Waals surface area contributed by atoms with E-state index in [1.54, 1.807) is 12.1 Å². The van der Waals surface area contributed by atoms with Gasteiger partial charge in [-0.15, -0.1) is 0 Å². The lowest BCUT2D eigenvalue weighted by molar-refractivity contribution is -0.141. The molecule has 1 aromatic rings. The largest absolute Gasteiger partial charge is 0.482 e. The number of benzene rings is 1. The molecule has 1 saturated carbocycles. The van der Waals surface area contributed by atoms with E-state index >= 15 is 0 Å². The summed E-state index contributed by atoms with van der Waals surface area (Å²) < 4.78 is 5.27. The Kier molecular flexibility index (Phi) is 4.01. The van der Waals surface area contributed by atoms with Crippen molar-refractivity contribution in [1.82, 2.24) is 4.90 Å². The predicted molar refractivity (Wildman–Crippen MR) is 91.8 cm³/mol. The third kappa shape index (κ3) is 2.77. The molecule has 26 heavy (non-hydrogen) atoms. The highest BCUT2D eigenvalue weighted by atomic mass is 16.5. The minimum atomic E-state index is -0.590. The Morgan fingerprint density at radius 3 is 2.69 bits per heavy atom. The van der Waals surface area contributed by atoms with Crippen molar-refractivity contribution in [3.63, 3.8) is 0 Å². The lowest BCUT2D eigenvalue weighted by atomic mass is 9.73. The minimum Gasteiger partial charge on any atom is -0.482 e. The fraction of sp³-hybridized carbons (Fsp3) is 0.474. The van der Waals surface area contributed by atoms with Gasteiger partial charge in [-0.3, -0.25) is 24.1 Å². The maximum absolute atomic E-state index is 12.8. The second-order valence-corrected chi connectivity index (χ2v) is 7.27. The zero-order valence-corrected chi connectivity index (χ0v) is 14.4. The van der Waals surface area contributed by atoms with Gasteiger partial charge in [0.25, 0.3) is 5.91 Å². The number of nitrogens with one attached hydrogen (secondary N) is 1. The molecule has 0 bridgehead atoms. The molecule has 1 N–H and O–H groups in total. The Bertz CT molecular complexity index is 810. The van der Waals surface area contributed by atoms with Crippen molar-refractivity contribution in [3.05, 3.63) is 23.8 Å². The SMILES string of the molecule is O=C1COc2ccc(C(=O)CN3C(=O)CC4(CCCCC4)C3=O)cc2N1. The van der Waals surface area contributed by atoms with Crippen LogP contribution in [-0.2, 0) is 14.4 Å². The molecule has 4 rings (SSSR count). The standard InChI is InChI=1S/C19H20N2O5/c22-14(12-4-5-15-13(8-12)20-16(23)11-26-15)10-21-17(24)9-19(18(21)25)6-2-1-3-7-19/h4-5,8H,1-3,6-7,9-11H2,(H,20,23). The number of amides is 3. The maximum Gasteiger partial charge on any atom is 0.262 e. The molecule has 0 radical (unpaired) electrons. The quantitative estimate of drug-likeness (QED) is 0.660. The van der Waals surface area contributed by atoms with E-state index < -0.39 is 5.41 Å². The summed E-state index contributed by atoms with van der Waals surface area (Å²) in [5, 5.41) is 2.65. The van der Waals surface area contributed by atoms with Crippen LogP contribution in [-0.4, -0.2) is 41.6 Å². The van der Waals surface area contributed by atoms with Crippen molar-refractivity contribution in [2.24, 2.45) is 5.41 Å². The van der Waals surface area contributed by atoms with Crippen molar-refractivity contribution in [1.29, 1.82) is 0 Å². The summed E-state index contributed by atoms with van der Waals surface area (Å²) in [6.45, 7) is -0.313. The number of likely N-dealkylation sites (tertiary alicyclic amines) is 1. The molecule has 7 heteroatoms. The number of ketones is 1. The zero-order valence-electron chi connectivity index (χ0n) is 14.4. The molecule has 136 valence electrons. The van der Waals surface area contributed by atoms with Crippen LogP contribution in [0, 0.1) is 5.41 Å². The van der Waals surface area contributed by atoms with Gasteiger partial charge < -0.3 is 10.1 Å². The van der Waals surface area contributed by atoms with Crippen molar-refractivity contribution in [2.45, 2.75) is 38.5 Å². The average molecular weight is 356 g/mol. The fourth-order valence-corrected chi connectivity index (χ4v) is 4.13. The number of hydrogen-bond acceptors (Lipinski definition) is 5. The van der Waals surface area contributed by atoms with Crippen LogP contribution in [0.5, 0.6) is 5.75 Å². The first-order valence-electron chi connectivity index (χ1n) is 8.93. The molecule has 0 aromatic heterocycles. The third-order valence-corrected chi connectivity index (χ3v) is 5.54. The van der Waals surface area contributed by atoms with E-state index in [0.29, 0.717) is 17.0 Å². The first-order valence-corrected chi connectivity index (χ1v) is 8.93. The highest BCUT2D eigenvalue weighted by Gasteiger charge is 2.51. The molecule has 0 unspecified atom stereocenters. The highest BCUT2D eigenvalue weighted by molar-refractivity contribution is 6.10. The van der Waals surface area contributed by atoms with Gasteiger partial charge in [0.1, 0.15) is 5.75 Å². The topological polar surface area (TPSA) is 92.8 Å². The first-order chi connectivity index (χ1) is 12.5. The van der Waals surface area contributed by atoms with Crippen LogP contribution in [0.2, 0.25) is 0 Å². The molecule has 3 amide bonds. The lowest BCUT2D eigenvalue weighted by Gasteiger charge is -2.30. The highest BCUT2D eigenvalue weighted by Crippen LogP contribution is 2.45. The number of carbonyl (C=O) groups excluding carboxylic acids is 4. The summed E-state index contributed by atoms with van der Waals surface area (Å²) in [6, 6.07) is 4.72. The lowest BCUT2D eigenvalue weighted by Crippen LogP contribution is -2.39. The van der Waals surface area contributed by atoms with Gasteiger partial charge in [-0.05, 0) is 31.0 Å². The number of imide groups is 1. The van der Waals surface area contributed by atoms with E-state index in [2.05, 4.69) is 5.32 Å². The van der Waals surface area contributed by atoms with E-state index in [9.17, 15) is 19.2 Å². The van der Waals surface area contributed by atoms with E-state index in [1.165, 1.54) is 6.07 Å². The molecule has 2 heterocycles. The Morgan fingerprint density at radius 1 is 1.15 bits per heavy atom. The van der Waals surface area contributed by atoms with Crippen molar-refractivity contribution >= 4 is 29.2 Å². The van der Waals surface area contributed by atoms with Gasteiger partial charge in [-0.2, -0.15) is 0 Å². The molecule has 2 aliphatic heterocycles. The number of rotatable bonds is 3. The Hall–Kier alpha value is -2.70. The van der Waals surface area contributed by atoms with Gasteiger partial charge in [-0.25, -0.2) is 0 Å². The Labute approximate surface area is 150 Å². The molecule has 1 saturated heterocycles. The monoisotopic (exact) mass is 356 g/mol. The Morgan fingerprint density at radius 2 is 1.92 bits per heavy atom. The van der Waals surface area contributed by atoms with Gasteiger partial charge in [-0.1, -0.05) is 19.3 Å². The smallest absolute Gasteiger partial charge is 0.262 e. The summed E-state index contributed by atoms with van der Waals surface area (Å²) in [7, 11) is 0. The number of ether oxygens (including phenoxy) is 1. The van der Waals surface area contributed by atoms with Crippen LogP contribution in [0.25, 0.3) is 0 Å². The molecule has 1 aliphatic carbocycles. The van der Waals surface area contributed by atoms with Crippen LogP contribution < -0.4 is 10.1 Å². The number of fused-ring (bicyclic) bond motifs is 1. The minimum absolute atomic E-state index is 0.0564. The van der Waals surface area contributed by atoms with E-state index in [4.69, 9.17) is 4.74 Å². The van der Waals surface area contributed by atoms with Gasteiger partial charge in [0, 0.05) is 12.0 Å². The molecule has 7 nitrogen and oxygen atoms in total. The molecular weight excluding hydrogens is 336 g/mol. The van der Waals surface area contributed by atoms with E-state index in [1.807, 2.05) is 0 Å². The summed E-state index contributed by atoms with van der Waals surface area (Å²) in [4.78, 5) is 50.4. The fourth-order valence-electron chi connectivity index (χ4n) is 4.13. The van der Waals surface area contributed by atoms with Gasteiger partial charge in [0.2, 0.25) is 11.8 Å². The second-order valence-electron chi connectivity index (χ2n) is 7.27. The van der Waals surface area contributed by atoms with Crippen molar-refractivity contribution in [2.75, 3.05) is 18.5 Å². The summed E-state index contributed by atoms with van der Waals surface area (Å²) in [5.41, 5.74) is 0.169. The van der Waals surface area contributed by atoms with Gasteiger partial charge in [0.15, 0.2) is 12.4 Å². The molecule has 1 aromatic carbocycles. The van der Waals surface area contributed by atoms with Crippen LogP contribution >= 0.6 is 0 Å². The normalized spacial score (nSPS) is 21.4. The third-order valence-electron chi connectivity index (χ3n) is 5.54. The summed E-state index contributed by atoms with van der Waals surface area (Å²) in [6.07, 6.45) is 4.66. The predicted octanol–water partition coefficient (Wildman–Crippen LogP) is 1.91. The van der Waals surface area contributed by atoms with Crippen LogP contribution in [0.4, 0.5) is 5.69 Å². The number of Topliss-reactive ketones (excluding diaryl/α,β-unsaturated/α-hetero) is 1. The van der Waals surface area contributed by atoms with Crippen LogP contribution in [0.15, 0.2) is 18.2 Å². The number of nitrogens with zero attached hydrogens (tertiary/aromatic N) is 1. The second kappa shape index (κ2) is 6.23. The zero-order chi connectivity index (χ0) is 18.3. The van der Waals surface area contributed by atoms with Gasteiger partial charge >= 0.3 is 0 Å². The Balaban J connectivity index is 1.51. The molecule has 3 aliphatic rings. The van der Waals surface area contributed by atoms with Crippen LogP contribution in [0.1, 0.15) is 48.9 Å². The van der Waals surface area contributed by atoms with Gasteiger partial charge in [0.05, 0.1) is 17.6 Å². The molecule has 0 atom stereocenters. The number of hydrogen-bond donors (Lipinski definition) is 1. The van der Waals surface area contributed by atoms with Crippen LogP contribution in [0.3, 0.4) is 0 Å². The summed E-state index contributed by atoms with van der Waals surface area (Å²) >= 11 is 0. The average Bonchev–Trinajstić information content (AvgIpc) is 2.85. The maximum atomic E-state index is 12.8. The number of anilines is 1. The van der Waals surface area contributed by atoms with Crippen molar-refractivity contribution in [3.8, 4) is 5.75 Å². The molecular formula is C19H20N2O5. The first kappa shape index (κ1) is 16.8.